The number of hydrogen-bond donors (Lipinski definition) is 1. The number of anilines is 1. The highest BCUT2D eigenvalue weighted by atomic mass is 16.5. The quantitative estimate of drug-likeness (QED) is 0.441. The zero-order valence-corrected chi connectivity index (χ0v) is 19.2. The van der Waals surface area contributed by atoms with Crippen LogP contribution in [0.25, 0.3) is 11.4 Å². The van der Waals surface area contributed by atoms with E-state index in [2.05, 4.69) is 15.5 Å². The lowest BCUT2D eigenvalue weighted by atomic mass is 9.90. The fraction of sp³-hybridized carbons (Fsp3) is 0.185. The molecular formula is C27H24N4O4. The Morgan fingerprint density at radius 2 is 1.71 bits per heavy atom. The summed E-state index contributed by atoms with van der Waals surface area (Å²) in [6.07, 6.45) is 0. The minimum absolute atomic E-state index is 0.0270. The summed E-state index contributed by atoms with van der Waals surface area (Å²) >= 11 is 0. The van der Waals surface area contributed by atoms with Crippen molar-refractivity contribution in [1.29, 1.82) is 0 Å². The van der Waals surface area contributed by atoms with Crippen molar-refractivity contribution in [2.75, 3.05) is 18.1 Å². The number of nitrogens with zero attached hydrogens (tertiary/aromatic N) is 3. The molecule has 5 rings (SSSR count). The number of fused-ring (bicyclic) bond motifs is 1. The Morgan fingerprint density at radius 3 is 2.37 bits per heavy atom. The van der Waals surface area contributed by atoms with Crippen molar-refractivity contribution in [3.05, 3.63) is 95.9 Å². The topological polar surface area (TPSA) is 97.6 Å². The summed E-state index contributed by atoms with van der Waals surface area (Å²) in [5.74, 6) is 0.571. The average molecular weight is 469 g/mol. The Labute approximate surface area is 202 Å². The molecule has 0 saturated heterocycles. The number of hydrogen-bond acceptors (Lipinski definition) is 6. The van der Waals surface area contributed by atoms with Crippen molar-refractivity contribution >= 4 is 17.5 Å². The third-order valence-corrected chi connectivity index (χ3v) is 5.89. The van der Waals surface area contributed by atoms with E-state index in [1.54, 1.807) is 11.0 Å². The zero-order valence-electron chi connectivity index (χ0n) is 19.2. The van der Waals surface area contributed by atoms with Gasteiger partial charge in [0.05, 0.1) is 18.2 Å². The predicted octanol–water partition coefficient (Wildman–Crippen LogP) is 3.93. The van der Waals surface area contributed by atoms with Crippen molar-refractivity contribution in [2.24, 2.45) is 0 Å². The number of benzene rings is 3. The number of amides is 2. The highest BCUT2D eigenvalue weighted by Crippen LogP contribution is 2.35. The van der Waals surface area contributed by atoms with Crippen LogP contribution in [0.1, 0.15) is 29.9 Å². The zero-order chi connectivity index (χ0) is 24.2. The van der Waals surface area contributed by atoms with Crippen LogP contribution in [0.2, 0.25) is 0 Å². The smallest absolute Gasteiger partial charge is 0.265 e. The molecule has 176 valence electrons. The third kappa shape index (κ3) is 4.63. The Morgan fingerprint density at radius 1 is 1.03 bits per heavy atom. The Balaban J connectivity index is 1.33. The molecule has 0 aliphatic carbocycles. The Hall–Kier alpha value is -4.46. The molecule has 4 aromatic rings. The summed E-state index contributed by atoms with van der Waals surface area (Å²) in [5, 5.41) is 6.99. The molecule has 8 nitrogen and oxygen atoms in total. The first kappa shape index (κ1) is 22.3. The van der Waals surface area contributed by atoms with Crippen LogP contribution in [-0.2, 0) is 16.1 Å². The van der Waals surface area contributed by atoms with Crippen LogP contribution in [0.3, 0.4) is 0 Å². The summed E-state index contributed by atoms with van der Waals surface area (Å²) in [6, 6.07) is 24.7. The van der Waals surface area contributed by atoms with Crippen LogP contribution >= 0.6 is 0 Å². The molecule has 0 radical (unpaired) electrons. The number of aromatic nitrogens is 2. The monoisotopic (exact) mass is 468 g/mol. The maximum absolute atomic E-state index is 13.2. The molecule has 2 amide bonds. The maximum Gasteiger partial charge on any atom is 0.265 e. The summed E-state index contributed by atoms with van der Waals surface area (Å²) in [4.78, 5) is 31.5. The van der Waals surface area contributed by atoms with Crippen molar-refractivity contribution < 1.29 is 18.8 Å². The molecule has 1 aliphatic rings. The molecule has 1 aromatic heterocycles. The first-order chi connectivity index (χ1) is 17.1. The summed E-state index contributed by atoms with van der Waals surface area (Å²) in [6.45, 7) is 2.56. The molecule has 0 fully saturated rings. The lowest BCUT2D eigenvalue weighted by molar-refractivity contribution is -0.122. The van der Waals surface area contributed by atoms with Gasteiger partial charge in [-0.15, -0.1) is 0 Å². The molecule has 3 aromatic carbocycles. The lowest BCUT2D eigenvalue weighted by Gasteiger charge is -2.28. The van der Waals surface area contributed by atoms with Crippen LogP contribution in [0, 0.1) is 0 Å². The minimum atomic E-state index is -0.460. The second kappa shape index (κ2) is 9.80. The van der Waals surface area contributed by atoms with Gasteiger partial charge in [0.2, 0.25) is 17.6 Å². The van der Waals surface area contributed by atoms with E-state index in [9.17, 15) is 9.59 Å². The summed E-state index contributed by atoms with van der Waals surface area (Å²) < 4.78 is 10.9. The Bertz CT molecular complexity index is 1300. The standard InChI is InChI=1S/C27H24N4O4/c1-2-31-21-15-20(13-14-22(21)34-17-24(31)32)26-29-23(35-30-26)16-28-27(33)25(18-9-5-3-6-10-18)19-11-7-4-8-12-19/h3-15,25H,2,16-17H2,1H3,(H,28,33). The minimum Gasteiger partial charge on any atom is -0.482 e. The number of nitrogens with one attached hydrogen (secondary N) is 1. The van der Waals surface area contributed by atoms with Gasteiger partial charge in [0.25, 0.3) is 5.91 Å². The highest BCUT2D eigenvalue weighted by Gasteiger charge is 2.26. The molecule has 1 N–H and O–H groups in total. The van der Waals surface area contributed by atoms with Gasteiger partial charge >= 0.3 is 0 Å². The van der Waals surface area contributed by atoms with Crippen molar-refractivity contribution in [3.8, 4) is 17.1 Å². The van der Waals surface area contributed by atoms with Gasteiger partial charge in [0.1, 0.15) is 5.75 Å². The molecule has 35 heavy (non-hydrogen) atoms. The van der Waals surface area contributed by atoms with E-state index in [1.165, 1.54) is 0 Å². The fourth-order valence-corrected chi connectivity index (χ4v) is 4.18. The van der Waals surface area contributed by atoms with E-state index in [-0.39, 0.29) is 30.9 Å². The number of carbonyl (C=O) groups is 2. The van der Waals surface area contributed by atoms with Crippen LogP contribution in [0.5, 0.6) is 5.75 Å². The van der Waals surface area contributed by atoms with Crippen molar-refractivity contribution in [2.45, 2.75) is 19.4 Å². The second-order valence-electron chi connectivity index (χ2n) is 8.09. The van der Waals surface area contributed by atoms with E-state index in [4.69, 9.17) is 9.26 Å². The van der Waals surface area contributed by atoms with Gasteiger partial charge in [-0.2, -0.15) is 4.98 Å². The summed E-state index contributed by atoms with van der Waals surface area (Å²) in [7, 11) is 0. The molecule has 0 atom stereocenters. The van der Waals surface area contributed by atoms with E-state index in [0.29, 0.717) is 29.4 Å². The normalized spacial score (nSPS) is 12.9. The van der Waals surface area contributed by atoms with Crippen LogP contribution < -0.4 is 15.0 Å². The third-order valence-electron chi connectivity index (χ3n) is 5.89. The molecule has 2 heterocycles. The van der Waals surface area contributed by atoms with Crippen LogP contribution in [0.15, 0.2) is 83.4 Å². The SMILES string of the molecule is CCN1C(=O)COc2ccc(-c3noc(CNC(=O)C(c4ccccc4)c4ccccc4)n3)cc21. The first-order valence-corrected chi connectivity index (χ1v) is 11.4. The molecule has 0 saturated carbocycles. The number of rotatable bonds is 7. The van der Waals surface area contributed by atoms with E-state index >= 15 is 0 Å². The fourth-order valence-electron chi connectivity index (χ4n) is 4.18. The van der Waals surface area contributed by atoms with Gasteiger partial charge in [-0.1, -0.05) is 65.8 Å². The molecule has 8 heteroatoms. The molecule has 0 unspecified atom stereocenters. The van der Waals surface area contributed by atoms with Gasteiger partial charge in [0, 0.05) is 12.1 Å². The molecule has 1 aliphatic heterocycles. The molecule has 0 bridgehead atoms. The van der Waals surface area contributed by atoms with Gasteiger partial charge < -0.3 is 19.5 Å². The van der Waals surface area contributed by atoms with E-state index in [1.807, 2.05) is 79.7 Å². The van der Waals surface area contributed by atoms with Gasteiger partial charge in [-0.3, -0.25) is 9.59 Å². The lowest BCUT2D eigenvalue weighted by Crippen LogP contribution is -2.38. The van der Waals surface area contributed by atoms with Crippen molar-refractivity contribution in [1.82, 2.24) is 15.5 Å². The molecular weight excluding hydrogens is 444 g/mol. The highest BCUT2D eigenvalue weighted by molar-refractivity contribution is 5.98. The first-order valence-electron chi connectivity index (χ1n) is 11.4. The molecule has 0 spiro atoms. The number of ether oxygens (including phenoxy) is 1. The van der Waals surface area contributed by atoms with E-state index < -0.39 is 5.92 Å². The largest absolute Gasteiger partial charge is 0.482 e. The number of carbonyl (C=O) groups excluding carboxylic acids is 2. The van der Waals surface area contributed by atoms with E-state index in [0.717, 1.165) is 11.1 Å². The van der Waals surface area contributed by atoms with Gasteiger partial charge in [-0.25, -0.2) is 0 Å². The predicted molar refractivity (Wildman–Crippen MR) is 130 cm³/mol. The van der Waals surface area contributed by atoms with Crippen LogP contribution in [0.4, 0.5) is 5.69 Å². The van der Waals surface area contributed by atoms with Gasteiger partial charge in [-0.05, 0) is 36.2 Å². The van der Waals surface area contributed by atoms with Crippen LogP contribution in [-0.4, -0.2) is 35.1 Å². The second-order valence-corrected chi connectivity index (χ2v) is 8.09. The Kier molecular flexibility index (Phi) is 6.26. The average Bonchev–Trinajstić information content (AvgIpc) is 3.38. The number of likely N-dealkylation sites (N-methyl/N-ethyl adjacent to an activating group) is 1. The van der Waals surface area contributed by atoms with Crippen molar-refractivity contribution in [3.63, 3.8) is 0 Å². The summed E-state index contributed by atoms with van der Waals surface area (Å²) in [5.41, 5.74) is 3.16. The van der Waals surface area contributed by atoms with Gasteiger partial charge in [0.15, 0.2) is 6.61 Å². The maximum atomic E-state index is 13.2.